The topological polar surface area (TPSA) is 58.2 Å². The van der Waals surface area contributed by atoms with Gasteiger partial charge in [0.1, 0.15) is 5.70 Å². The van der Waals surface area contributed by atoms with Crippen LogP contribution in [0, 0.1) is 19.8 Å². The number of carbonyl (C=O) groups excluding carboxylic acids is 2. The van der Waals surface area contributed by atoms with Gasteiger partial charge in [-0.1, -0.05) is 61.4 Å². The first-order valence-electron chi connectivity index (χ1n) is 8.79. The van der Waals surface area contributed by atoms with Gasteiger partial charge in [0.25, 0.3) is 11.8 Å². The third-order valence-corrected chi connectivity index (χ3v) is 3.87. The number of carbonyl (C=O) groups is 2. The summed E-state index contributed by atoms with van der Waals surface area (Å²) in [6, 6.07) is 15.0. The van der Waals surface area contributed by atoms with Crippen LogP contribution in [0.15, 0.2) is 54.2 Å². The van der Waals surface area contributed by atoms with Crippen molar-refractivity contribution < 1.29 is 9.59 Å². The second-order valence-electron chi connectivity index (χ2n) is 6.89. The highest BCUT2D eigenvalue weighted by molar-refractivity contribution is 6.05. The smallest absolute Gasteiger partial charge is 0.267 e. The first kappa shape index (κ1) is 19.4. The summed E-state index contributed by atoms with van der Waals surface area (Å²) in [5.74, 6) is -0.268. The molecule has 0 atom stereocenters. The third-order valence-electron chi connectivity index (χ3n) is 3.87. The van der Waals surface area contributed by atoms with E-state index in [1.165, 1.54) is 0 Å². The van der Waals surface area contributed by atoms with Crippen LogP contribution in [-0.2, 0) is 4.79 Å². The minimum atomic E-state index is -0.303. The molecule has 0 aromatic heterocycles. The van der Waals surface area contributed by atoms with Crippen molar-refractivity contribution in [2.45, 2.75) is 27.7 Å². The first-order valence-corrected chi connectivity index (χ1v) is 8.79. The maximum absolute atomic E-state index is 12.5. The van der Waals surface area contributed by atoms with E-state index in [0.29, 0.717) is 18.0 Å². The van der Waals surface area contributed by atoms with Gasteiger partial charge in [-0.05, 0) is 43.5 Å². The molecule has 0 aliphatic heterocycles. The van der Waals surface area contributed by atoms with Crippen molar-refractivity contribution in [3.8, 4) is 0 Å². The molecule has 2 N–H and O–H groups in total. The van der Waals surface area contributed by atoms with E-state index in [4.69, 9.17) is 0 Å². The standard InChI is InChI=1S/C22H26N2O2/c1-15(2)14-23-22(26)20(13-18-9-5-16(3)6-10-18)24-21(25)19-11-7-17(4)8-12-19/h5-13,15H,14H2,1-4H3,(H,23,26)(H,24,25)/b20-13-. The van der Waals surface area contributed by atoms with Gasteiger partial charge in [-0.3, -0.25) is 9.59 Å². The van der Waals surface area contributed by atoms with E-state index in [1.807, 2.05) is 64.1 Å². The van der Waals surface area contributed by atoms with Crippen molar-refractivity contribution in [1.82, 2.24) is 10.6 Å². The fourth-order valence-corrected chi connectivity index (χ4v) is 2.28. The first-order chi connectivity index (χ1) is 12.3. The van der Waals surface area contributed by atoms with Gasteiger partial charge in [0.2, 0.25) is 0 Å². The monoisotopic (exact) mass is 350 g/mol. The van der Waals surface area contributed by atoms with Crippen molar-refractivity contribution >= 4 is 17.9 Å². The Kier molecular flexibility index (Phi) is 6.73. The highest BCUT2D eigenvalue weighted by Gasteiger charge is 2.14. The molecule has 0 radical (unpaired) electrons. The molecule has 0 spiro atoms. The van der Waals surface area contributed by atoms with E-state index in [-0.39, 0.29) is 17.5 Å². The molecule has 0 aliphatic rings. The summed E-state index contributed by atoms with van der Waals surface area (Å²) >= 11 is 0. The average Bonchev–Trinajstić information content (AvgIpc) is 2.61. The van der Waals surface area contributed by atoms with E-state index >= 15 is 0 Å². The highest BCUT2D eigenvalue weighted by atomic mass is 16.2. The van der Waals surface area contributed by atoms with E-state index in [0.717, 1.165) is 16.7 Å². The third kappa shape index (κ3) is 5.88. The number of hydrogen-bond acceptors (Lipinski definition) is 2. The minimum Gasteiger partial charge on any atom is -0.351 e. The molecule has 0 fully saturated rings. The van der Waals surface area contributed by atoms with Crippen LogP contribution < -0.4 is 10.6 Å². The predicted octanol–water partition coefficient (Wildman–Crippen LogP) is 3.85. The summed E-state index contributed by atoms with van der Waals surface area (Å²) in [4.78, 5) is 25.1. The Morgan fingerprint density at radius 1 is 0.923 bits per heavy atom. The molecule has 2 aromatic rings. The second kappa shape index (κ2) is 8.99. The Morgan fingerprint density at radius 2 is 1.46 bits per heavy atom. The quantitative estimate of drug-likeness (QED) is 0.778. The van der Waals surface area contributed by atoms with E-state index in [2.05, 4.69) is 10.6 Å². The molecule has 0 unspecified atom stereocenters. The van der Waals surface area contributed by atoms with Gasteiger partial charge in [-0.25, -0.2) is 0 Å². The lowest BCUT2D eigenvalue weighted by atomic mass is 10.1. The lowest BCUT2D eigenvalue weighted by Gasteiger charge is -2.12. The molecular formula is C22H26N2O2. The molecule has 26 heavy (non-hydrogen) atoms. The molecule has 4 heteroatoms. The average molecular weight is 350 g/mol. The maximum Gasteiger partial charge on any atom is 0.267 e. The zero-order valence-electron chi connectivity index (χ0n) is 15.8. The second-order valence-corrected chi connectivity index (χ2v) is 6.89. The van der Waals surface area contributed by atoms with Crippen LogP contribution in [0.4, 0.5) is 0 Å². The number of rotatable bonds is 6. The van der Waals surface area contributed by atoms with Gasteiger partial charge in [0, 0.05) is 12.1 Å². The minimum absolute atomic E-state index is 0.236. The van der Waals surface area contributed by atoms with Gasteiger partial charge < -0.3 is 10.6 Å². The van der Waals surface area contributed by atoms with Crippen LogP contribution in [0.25, 0.3) is 6.08 Å². The SMILES string of the molecule is Cc1ccc(/C=C(\NC(=O)c2ccc(C)cc2)C(=O)NCC(C)C)cc1. The molecule has 2 aromatic carbocycles. The number of aryl methyl sites for hydroxylation is 2. The van der Waals surface area contributed by atoms with Gasteiger partial charge in [-0.2, -0.15) is 0 Å². The Hall–Kier alpha value is -2.88. The maximum atomic E-state index is 12.5. The van der Waals surface area contributed by atoms with Crippen LogP contribution in [0.5, 0.6) is 0 Å². The van der Waals surface area contributed by atoms with Crippen molar-refractivity contribution in [3.63, 3.8) is 0 Å². The number of benzene rings is 2. The van der Waals surface area contributed by atoms with Crippen LogP contribution in [0.2, 0.25) is 0 Å². The van der Waals surface area contributed by atoms with Gasteiger partial charge in [-0.15, -0.1) is 0 Å². The van der Waals surface area contributed by atoms with Crippen LogP contribution in [-0.4, -0.2) is 18.4 Å². The zero-order valence-corrected chi connectivity index (χ0v) is 15.8. The molecule has 0 saturated carbocycles. The summed E-state index contributed by atoms with van der Waals surface area (Å²) in [7, 11) is 0. The van der Waals surface area contributed by atoms with Crippen molar-refractivity contribution in [3.05, 3.63) is 76.5 Å². The molecule has 0 aliphatic carbocycles. The number of nitrogens with one attached hydrogen (secondary N) is 2. The van der Waals surface area contributed by atoms with Crippen molar-refractivity contribution in [2.24, 2.45) is 5.92 Å². The molecule has 136 valence electrons. The van der Waals surface area contributed by atoms with Gasteiger partial charge >= 0.3 is 0 Å². The Labute approximate surface area is 155 Å². The molecular weight excluding hydrogens is 324 g/mol. The van der Waals surface area contributed by atoms with E-state index < -0.39 is 0 Å². The Morgan fingerprint density at radius 3 is 2.00 bits per heavy atom. The molecule has 0 saturated heterocycles. The molecule has 0 bridgehead atoms. The molecule has 4 nitrogen and oxygen atoms in total. The van der Waals surface area contributed by atoms with Crippen LogP contribution >= 0.6 is 0 Å². The number of amides is 2. The molecule has 2 rings (SSSR count). The normalized spacial score (nSPS) is 11.3. The number of hydrogen-bond donors (Lipinski definition) is 2. The lowest BCUT2D eigenvalue weighted by molar-refractivity contribution is -0.117. The lowest BCUT2D eigenvalue weighted by Crippen LogP contribution is -2.36. The zero-order chi connectivity index (χ0) is 19.1. The molecule has 0 heterocycles. The summed E-state index contributed by atoms with van der Waals surface area (Å²) < 4.78 is 0. The van der Waals surface area contributed by atoms with Crippen LogP contribution in [0.3, 0.4) is 0 Å². The summed E-state index contributed by atoms with van der Waals surface area (Å²) in [6.45, 7) is 8.56. The highest BCUT2D eigenvalue weighted by Crippen LogP contribution is 2.10. The van der Waals surface area contributed by atoms with Crippen molar-refractivity contribution in [1.29, 1.82) is 0 Å². The fourth-order valence-electron chi connectivity index (χ4n) is 2.28. The predicted molar refractivity (Wildman–Crippen MR) is 106 cm³/mol. The fraction of sp³-hybridized carbons (Fsp3) is 0.273. The largest absolute Gasteiger partial charge is 0.351 e. The van der Waals surface area contributed by atoms with Gasteiger partial charge in [0.15, 0.2) is 0 Å². The van der Waals surface area contributed by atoms with E-state index in [1.54, 1.807) is 18.2 Å². The summed E-state index contributed by atoms with van der Waals surface area (Å²) in [5, 5.41) is 5.61. The van der Waals surface area contributed by atoms with Crippen molar-refractivity contribution in [2.75, 3.05) is 6.54 Å². The molecule has 2 amide bonds. The van der Waals surface area contributed by atoms with E-state index in [9.17, 15) is 9.59 Å². The Balaban J connectivity index is 2.24. The van der Waals surface area contributed by atoms with Crippen LogP contribution in [0.1, 0.15) is 40.9 Å². The summed E-state index contributed by atoms with van der Waals surface area (Å²) in [5.41, 5.74) is 3.82. The Bertz CT molecular complexity index is 788. The summed E-state index contributed by atoms with van der Waals surface area (Å²) in [6.07, 6.45) is 1.70. The van der Waals surface area contributed by atoms with Gasteiger partial charge in [0.05, 0.1) is 0 Å².